The number of aliphatic imine (C=N–C) groups is 1. The van der Waals surface area contributed by atoms with Crippen LogP contribution >= 0.6 is 23.4 Å². The van der Waals surface area contributed by atoms with E-state index in [9.17, 15) is 0 Å². The number of benzene rings is 1. The molecule has 1 aromatic rings. The number of hydrogen-bond donors (Lipinski definition) is 0. The molecule has 0 aliphatic carbocycles. The molecule has 3 heteroatoms. The van der Waals surface area contributed by atoms with Crippen molar-refractivity contribution in [2.24, 2.45) is 4.99 Å². The third-order valence-corrected chi connectivity index (χ3v) is 3.56. The first kappa shape index (κ1) is 13.3. The lowest BCUT2D eigenvalue weighted by molar-refractivity contribution is 1.33. The number of halogens is 1. The first-order valence-corrected chi connectivity index (χ1v) is 6.44. The molecule has 0 saturated heterocycles. The molecule has 0 aliphatic rings. The lowest BCUT2D eigenvalue weighted by Crippen LogP contribution is -1.90. The van der Waals surface area contributed by atoms with E-state index in [-0.39, 0.29) is 0 Å². The maximum atomic E-state index is 6.21. The van der Waals surface area contributed by atoms with E-state index in [0.717, 1.165) is 32.6 Å². The molecule has 16 heavy (non-hydrogen) atoms. The molecule has 1 aromatic carbocycles. The van der Waals surface area contributed by atoms with E-state index in [2.05, 4.69) is 17.6 Å². The molecule has 0 bridgehead atoms. The number of hydrogen-bond acceptors (Lipinski definition) is 2. The highest BCUT2D eigenvalue weighted by molar-refractivity contribution is 8.13. The first-order chi connectivity index (χ1) is 7.50. The van der Waals surface area contributed by atoms with Gasteiger partial charge in [0.1, 0.15) is 0 Å². The maximum Gasteiger partial charge on any atom is 0.0706 e. The van der Waals surface area contributed by atoms with Gasteiger partial charge in [0.15, 0.2) is 0 Å². The van der Waals surface area contributed by atoms with Crippen molar-refractivity contribution in [2.45, 2.75) is 26.5 Å². The Balaban J connectivity index is 2.68. The predicted octanol–water partition coefficient (Wildman–Crippen LogP) is 4.83. The molecular formula is C13H16ClNS. The van der Waals surface area contributed by atoms with Crippen LogP contribution in [-0.2, 0) is 5.75 Å². The van der Waals surface area contributed by atoms with Gasteiger partial charge in [-0.05, 0) is 31.9 Å². The summed E-state index contributed by atoms with van der Waals surface area (Å²) in [7, 11) is 0. The van der Waals surface area contributed by atoms with Gasteiger partial charge >= 0.3 is 0 Å². The molecule has 0 saturated carbocycles. The van der Waals surface area contributed by atoms with Crippen LogP contribution in [0, 0.1) is 6.92 Å². The van der Waals surface area contributed by atoms with Crippen LogP contribution in [0.3, 0.4) is 0 Å². The van der Waals surface area contributed by atoms with Crippen LogP contribution in [0.4, 0.5) is 0 Å². The zero-order chi connectivity index (χ0) is 12.1. The zero-order valence-electron chi connectivity index (χ0n) is 9.88. The Morgan fingerprint density at radius 1 is 1.44 bits per heavy atom. The van der Waals surface area contributed by atoms with Crippen molar-refractivity contribution in [3.8, 4) is 0 Å². The fourth-order valence-electron chi connectivity index (χ4n) is 1.30. The minimum Gasteiger partial charge on any atom is -0.252 e. The number of allylic oxidation sites excluding steroid dienone is 1. The highest BCUT2D eigenvalue weighted by Crippen LogP contribution is 2.25. The SMILES string of the molecule is C=C(C)/N=C(\C)SCc1cccc(C)c1Cl. The Morgan fingerprint density at radius 3 is 2.75 bits per heavy atom. The summed E-state index contributed by atoms with van der Waals surface area (Å²) in [4.78, 5) is 4.29. The van der Waals surface area contributed by atoms with Gasteiger partial charge in [-0.3, -0.25) is 4.99 Å². The van der Waals surface area contributed by atoms with Gasteiger partial charge in [0, 0.05) is 16.5 Å². The van der Waals surface area contributed by atoms with Crippen LogP contribution in [-0.4, -0.2) is 5.04 Å². The molecule has 0 atom stereocenters. The van der Waals surface area contributed by atoms with Crippen LogP contribution in [0.2, 0.25) is 5.02 Å². The molecule has 0 unspecified atom stereocenters. The van der Waals surface area contributed by atoms with E-state index in [1.165, 1.54) is 0 Å². The van der Waals surface area contributed by atoms with Gasteiger partial charge in [-0.15, -0.1) is 11.8 Å². The van der Waals surface area contributed by atoms with Crippen molar-refractivity contribution in [1.29, 1.82) is 0 Å². The number of thioether (sulfide) groups is 1. The van der Waals surface area contributed by atoms with E-state index in [0.29, 0.717) is 0 Å². The molecule has 0 fully saturated rings. The molecule has 0 amide bonds. The van der Waals surface area contributed by atoms with Crippen molar-refractivity contribution in [3.05, 3.63) is 46.6 Å². The highest BCUT2D eigenvalue weighted by Gasteiger charge is 2.03. The van der Waals surface area contributed by atoms with E-state index in [4.69, 9.17) is 11.6 Å². The molecule has 0 heterocycles. The standard InChI is InChI=1S/C13H16ClNS/c1-9(2)15-11(4)16-8-12-7-5-6-10(3)13(12)14/h5-7H,1,8H2,2-4H3/b15-11+. The van der Waals surface area contributed by atoms with Crippen LogP contribution < -0.4 is 0 Å². The van der Waals surface area contributed by atoms with Gasteiger partial charge in [0.25, 0.3) is 0 Å². The third kappa shape index (κ3) is 4.03. The number of aryl methyl sites for hydroxylation is 1. The molecule has 0 radical (unpaired) electrons. The maximum absolute atomic E-state index is 6.21. The Bertz CT molecular complexity index is 424. The Hall–Kier alpha value is -0.730. The lowest BCUT2D eigenvalue weighted by atomic mass is 10.2. The van der Waals surface area contributed by atoms with Crippen molar-refractivity contribution < 1.29 is 0 Å². The van der Waals surface area contributed by atoms with Crippen LogP contribution in [0.5, 0.6) is 0 Å². The average Bonchev–Trinajstić information content (AvgIpc) is 2.19. The molecule has 0 spiro atoms. The predicted molar refractivity (Wildman–Crippen MR) is 75.4 cm³/mol. The minimum atomic E-state index is 0.834. The molecule has 0 N–H and O–H groups in total. The largest absolute Gasteiger partial charge is 0.252 e. The Morgan fingerprint density at radius 2 is 2.12 bits per heavy atom. The summed E-state index contributed by atoms with van der Waals surface area (Å²) in [6.45, 7) is 9.66. The van der Waals surface area contributed by atoms with Crippen molar-refractivity contribution in [2.75, 3.05) is 0 Å². The Labute approximate surface area is 107 Å². The second kappa shape index (κ2) is 6.12. The summed E-state index contributed by atoms with van der Waals surface area (Å²) >= 11 is 7.90. The van der Waals surface area contributed by atoms with E-state index in [1.54, 1.807) is 11.8 Å². The van der Waals surface area contributed by atoms with Crippen molar-refractivity contribution >= 4 is 28.4 Å². The van der Waals surface area contributed by atoms with Crippen molar-refractivity contribution in [1.82, 2.24) is 0 Å². The van der Waals surface area contributed by atoms with Gasteiger partial charge in [-0.25, -0.2) is 0 Å². The smallest absolute Gasteiger partial charge is 0.0706 e. The van der Waals surface area contributed by atoms with Gasteiger partial charge < -0.3 is 0 Å². The van der Waals surface area contributed by atoms with Crippen molar-refractivity contribution in [3.63, 3.8) is 0 Å². The fourth-order valence-corrected chi connectivity index (χ4v) is 2.40. The molecule has 1 nitrogen and oxygen atoms in total. The van der Waals surface area contributed by atoms with Crippen LogP contribution in [0.25, 0.3) is 0 Å². The molecule has 1 rings (SSSR count). The first-order valence-electron chi connectivity index (χ1n) is 5.08. The van der Waals surface area contributed by atoms with E-state index in [1.807, 2.05) is 32.9 Å². The fraction of sp³-hybridized carbons (Fsp3) is 0.308. The van der Waals surface area contributed by atoms with Gasteiger partial charge in [-0.2, -0.15) is 0 Å². The van der Waals surface area contributed by atoms with Crippen LogP contribution in [0.1, 0.15) is 25.0 Å². The molecule has 86 valence electrons. The van der Waals surface area contributed by atoms with E-state index < -0.39 is 0 Å². The minimum absolute atomic E-state index is 0.834. The summed E-state index contributed by atoms with van der Waals surface area (Å²) < 4.78 is 0. The Kier molecular flexibility index (Phi) is 5.10. The van der Waals surface area contributed by atoms with Gasteiger partial charge in [0.05, 0.1) is 5.04 Å². The van der Waals surface area contributed by atoms with E-state index >= 15 is 0 Å². The quantitative estimate of drug-likeness (QED) is 0.555. The summed E-state index contributed by atoms with van der Waals surface area (Å²) in [5, 5.41) is 1.88. The average molecular weight is 254 g/mol. The summed E-state index contributed by atoms with van der Waals surface area (Å²) in [5.41, 5.74) is 3.11. The normalized spacial score (nSPS) is 11.6. The third-order valence-electron chi connectivity index (χ3n) is 2.06. The molecule has 0 aliphatic heterocycles. The molecular weight excluding hydrogens is 238 g/mol. The highest BCUT2D eigenvalue weighted by atomic mass is 35.5. The number of rotatable bonds is 3. The zero-order valence-corrected chi connectivity index (χ0v) is 11.5. The second-order valence-electron chi connectivity index (χ2n) is 3.70. The second-order valence-corrected chi connectivity index (χ2v) is 5.25. The topological polar surface area (TPSA) is 12.4 Å². The van der Waals surface area contributed by atoms with Gasteiger partial charge in [0.2, 0.25) is 0 Å². The van der Waals surface area contributed by atoms with Crippen LogP contribution in [0.15, 0.2) is 35.5 Å². The monoisotopic (exact) mass is 253 g/mol. The summed E-state index contributed by atoms with van der Waals surface area (Å²) in [6.07, 6.45) is 0. The summed E-state index contributed by atoms with van der Waals surface area (Å²) in [6, 6.07) is 6.10. The number of nitrogens with zero attached hydrogens (tertiary/aromatic N) is 1. The molecule has 0 aromatic heterocycles. The van der Waals surface area contributed by atoms with Gasteiger partial charge in [-0.1, -0.05) is 36.4 Å². The summed E-state index contributed by atoms with van der Waals surface area (Å²) in [5.74, 6) is 0.850. The lowest BCUT2D eigenvalue weighted by Gasteiger charge is -2.06.